The fourth-order valence-corrected chi connectivity index (χ4v) is 3.52. The van der Waals surface area contributed by atoms with Gasteiger partial charge in [0.25, 0.3) is 5.91 Å². The first-order chi connectivity index (χ1) is 14.0. The summed E-state index contributed by atoms with van der Waals surface area (Å²) in [7, 11) is 1.64. The number of rotatable bonds is 7. The van der Waals surface area contributed by atoms with Gasteiger partial charge in [0, 0.05) is 24.8 Å². The smallest absolute Gasteiger partial charge is 0.254 e. The summed E-state index contributed by atoms with van der Waals surface area (Å²) in [5, 5.41) is 11.4. The Morgan fingerprint density at radius 1 is 1.41 bits per heavy atom. The SMILES string of the molecule is COCCn1cc(C(=O)N[C@@H]2CCc3cc(-c4noc(C(C)C)n4)ccc32)cn1. The molecule has 0 fully saturated rings. The Bertz CT molecular complexity index is 1010. The van der Waals surface area contributed by atoms with Crippen LogP contribution >= 0.6 is 0 Å². The number of carbonyl (C=O) groups excluding carboxylic acids is 1. The fraction of sp³-hybridized carbons (Fsp3) is 0.429. The second-order valence-corrected chi connectivity index (χ2v) is 7.57. The van der Waals surface area contributed by atoms with E-state index in [2.05, 4.69) is 32.7 Å². The summed E-state index contributed by atoms with van der Waals surface area (Å²) in [5.74, 6) is 1.32. The Balaban J connectivity index is 1.46. The van der Waals surface area contributed by atoms with E-state index in [1.165, 1.54) is 5.56 Å². The van der Waals surface area contributed by atoms with Crippen LogP contribution in [0.2, 0.25) is 0 Å². The van der Waals surface area contributed by atoms with Crippen LogP contribution < -0.4 is 5.32 Å². The van der Waals surface area contributed by atoms with E-state index < -0.39 is 0 Å². The van der Waals surface area contributed by atoms with E-state index in [1.807, 2.05) is 19.9 Å². The van der Waals surface area contributed by atoms with Gasteiger partial charge < -0.3 is 14.6 Å². The molecule has 1 aromatic carbocycles. The van der Waals surface area contributed by atoms with Gasteiger partial charge in [-0.3, -0.25) is 9.48 Å². The Kier molecular flexibility index (Phi) is 5.44. The average Bonchev–Trinajstić information content (AvgIpc) is 3.45. The van der Waals surface area contributed by atoms with E-state index in [9.17, 15) is 4.79 Å². The van der Waals surface area contributed by atoms with Gasteiger partial charge in [0.05, 0.1) is 31.0 Å². The Labute approximate surface area is 169 Å². The molecule has 0 unspecified atom stereocenters. The quantitative estimate of drug-likeness (QED) is 0.660. The maximum atomic E-state index is 12.6. The largest absolute Gasteiger partial charge is 0.383 e. The van der Waals surface area contributed by atoms with E-state index in [0.29, 0.717) is 30.4 Å². The monoisotopic (exact) mass is 395 g/mol. The number of nitrogens with one attached hydrogen (secondary N) is 1. The van der Waals surface area contributed by atoms with E-state index in [1.54, 1.807) is 24.2 Å². The standard InChI is InChI=1S/C21H25N5O3/c1-13(2)21-24-19(25-29-21)15-4-6-17-14(10-15)5-7-18(17)23-20(27)16-11-22-26(12-16)8-9-28-3/h4,6,10-13,18H,5,7-9H2,1-3H3,(H,23,27)/t18-/m1/s1. The minimum absolute atomic E-state index is 0.00892. The first-order valence-electron chi connectivity index (χ1n) is 9.84. The van der Waals surface area contributed by atoms with E-state index in [-0.39, 0.29) is 17.9 Å². The number of amides is 1. The van der Waals surface area contributed by atoms with Gasteiger partial charge in [0.15, 0.2) is 0 Å². The molecule has 2 heterocycles. The van der Waals surface area contributed by atoms with Gasteiger partial charge in [-0.05, 0) is 30.0 Å². The van der Waals surface area contributed by atoms with Crippen molar-refractivity contribution >= 4 is 5.91 Å². The number of nitrogens with zero attached hydrogens (tertiary/aromatic N) is 4. The van der Waals surface area contributed by atoms with E-state index in [4.69, 9.17) is 9.26 Å². The minimum Gasteiger partial charge on any atom is -0.383 e. The van der Waals surface area contributed by atoms with Crippen LogP contribution in [0.1, 0.15) is 59.6 Å². The number of aromatic nitrogens is 4. The Hall–Kier alpha value is -3.00. The molecule has 2 aromatic heterocycles. The predicted molar refractivity (Wildman–Crippen MR) is 106 cm³/mol. The second-order valence-electron chi connectivity index (χ2n) is 7.57. The van der Waals surface area contributed by atoms with Crippen molar-refractivity contribution in [2.24, 2.45) is 0 Å². The van der Waals surface area contributed by atoms with Crippen LogP contribution in [0.3, 0.4) is 0 Å². The molecule has 0 bridgehead atoms. The van der Waals surface area contributed by atoms with Gasteiger partial charge in [0.1, 0.15) is 0 Å². The first-order valence-corrected chi connectivity index (χ1v) is 9.84. The Morgan fingerprint density at radius 2 is 2.28 bits per heavy atom. The molecular weight excluding hydrogens is 370 g/mol. The highest BCUT2D eigenvalue weighted by molar-refractivity contribution is 5.94. The lowest BCUT2D eigenvalue weighted by molar-refractivity contribution is 0.0936. The molecule has 3 aromatic rings. The third-order valence-electron chi connectivity index (χ3n) is 5.14. The average molecular weight is 395 g/mol. The zero-order chi connectivity index (χ0) is 20.4. The molecule has 8 nitrogen and oxygen atoms in total. The molecule has 8 heteroatoms. The summed E-state index contributed by atoms with van der Waals surface area (Å²) in [4.78, 5) is 17.1. The highest BCUT2D eigenvalue weighted by Gasteiger charge is 2.25. The topological polar surface area (TPSA) is 95.1 Å². The van der Waals surface area contributed by atoms with Crippen LogP contribution in [0.4, 0.5) is 0 Å². The van der Waals surface area contributed by atoms with Gasteiger partial charge in [-0.1, -0.05) is 31.1 Å². The molecule has 1 amide bonds. The lowest BCUT2D eigenvalue weighted by Crippen LogP contribution is -2.26. The van der Waals surface area contributed by atoms with Crippen molar-refractivity contribution in [1.29, 1.82) is 0 Å². The summed E-state index contributed by atoms with van der Waals surface area (Å²) in [6.07, 6.45) is 5.10. The number of methoxy groups -OCH3 is 1. The van der Waals surface area contributed by atoms with Crippen LogP contribution in [-0.2, 0) is 17.7 Å². The summed E-state index contributed by atoms with van der Waals surface area (Å²) in [6, 6.07) is 6.13. The molecule has 1 aliphatic rings. The van der Waals surface area contributed by atoms with Crippen molar-refractivity contribution in [3.8, 4) is 11.4 Å². The maximum absolute atomic E-state index is 12.6. The summed E-state index contributed by atoms with van der Waals surface area (Å²) in [6.45, 7) is 5.22. The van der Waals surface area contributed by atoms with Crippen LogP contribution in [-0.4, -0.2) is 39.5 Å². The van der Waals surface area contributed by atoms with Crippen molar-refractivity contribution in [1.82, 2.24) is 25.2 Å². The zero-order valence-corrected chi connectivity index (χ0v) is 16.9. The molecule has 0 saturated carbocycles. The number of hydrogen-bond acceptors (Lipinski definition) is 6. The lowest BCUT2D eigenvalue weighted by Gasteiger charge is -2.13. The van der Waals surface area contributed by atoms with Crippen LogP contribution in [0.15, 0.2) is 35.1 Å². The molecule has 152 valence electrons. The number of benzene rings is 1. The third-order valence-corrected chi connectivity index (χ3v) is 5.14. The van der Waals surface area contributed by atoms with Gasteiger partial charge in [-0.25, -0.2) is 0 Å². The van der Waals surface area contributed by atoms with Gasteiger partial charge >= 0.3 is 0 Å². The number of hydrogen-bond donors (Lipinski definition) is 1. The van der Waals surface area contributed by atoms with Gasteiger partial charge in [-0.2, -0.15) is 10.1 Å². The summed E-state index contributed by atoms with van der Waals surface area (Å²) < 4.78 is 12.1. The molecule has 0 spiro atoms. The van der Waals surface area contributed by atoms with Crippen molar-refractivity contribution < 1.29 is 14.1 Å². The fourth-order valence-electron chi connectivity index (χ4n) is 3.52. The van der Waals surface area contributed by atoms with E-state index in [0.717, 1.165) is 24.0 Å². The van der Waals surface area contributed by atoms with Crippen LogP contribution in [0, 0.1) is 0 Å². The van der Waals surface area contributed by atoms with E-state index >= 15 is 0 Å². The van der Waals surface area contributed by atoms with Crippen LogP contribution in [0.25, 0.3) is 11.4 Å². The lowest BCUT2D eigenvalue weighted by atomic mass is 10.0. The molecule has 1 N–H and O–H groups in total. The van der Waals surface area contributed by atoms with Crippen molar-refractivity contribution in [2.45, 2.75) is 45.2 Å². The number of fused-ring (bicyclic) bond motifs is 1. The van der Waals surface area contributed by atoms with Crippen molar-refractivity contribution in [3.05, 3.63) is 53.2 Å². The third kappa shape index (κ3) is 4.07. The molecular formula is C21H25N5O3. The first kappa shape index (κ1) is 19.3. The Morgan fingerprint density at radius 3 is 3.03 bits per heavy atom. The number of ether oxygens (including phenoxy) is 1. The summed E-state index contributed by atoms with van der Waals surface area (Å²) in [5.41, 5.74) is 3.84. The molecule has 1 aliphatic carbocycles. The molecule has 0 aliphatic heterocycles. The molecule has 29 heavy (non-hydrogen) atoms. The second kappa shape index (κ2) is 8.16. The van der Waals surface area contributed by atoms with Crippen molar-refractivity contribution in [2.75, 3.05) is 13.7 Å². The van der Waals surface area contributed by atoms with Gasteiger partial charge in [0.2, 0.25) is 11.7 Å². The number of carbonyl (C=O) groups is 1. The molecule has 0 radical (unpaired) electrons. The molecule has 4 rings (SSSR count). The zero-order valence-electron chi connectivity index (χ0n) is 16.9. The minimum atomic E-state index is -0.115. The predicted octanol–water partition coefficient (Wildman–Crippen LogP) is 3.12. The van der Waals surface area contributed by atoms with Gasteiger partial charge in [-0.15, -0.1) is 0 Å². The highest BCUT2D eigenvalue weighted by atomic mass is 16.5. The van der Waals surface area contributed by atoms with Crippen LogP contribution in [0.5, 0.6) is 0 Å². The molecule has 1 atom stereocenters. The van der Waals surface area contributed by atoms with Crippen molar-refractivity contribution in [3.63, 3.8) is 0 Å². The summed E-state index contributed by atoms with van der Waals surface area (Å²) >= 11 is 0. The highest BCUT2D eigenvalue weighted by Crippen LogP contribution is 2.34. The maximum Gasteiger partial charge on any atom is 0.254 e. The molecule has 0 saturated heterocycles. The normalized spacial score (nSPS) is 15.7. The number of aryl methyl sites for hydroxylation is 1.